The average molecular weight is 377 g/mol. The molecule has 26 heavy (non-hydrogen) atoms. The van der Waals surface area contributed by atoms with E-state index < -0.39 is 11.2 Å². The molecule has 0 amide bonds. The van der Waals surface area contributed by atoms with Crippen molar-refractivity contribution in [1.82, 2.24) is 9.13 Å². The van der Waals surface area contributed by atoms with Crippen LogP contribution in [-0.4, -0.2) is 22.3 Å². The Labute approximate surface area is 154 Å². The topological polar surface area (TPSA) is 98.3 Å². The number of halogens is 1. The van der Waals surface area contributed by atoms with E-state index in [-0.39, 0.29) is 17.9 Å². The predicted octanol–water partition coefficient (Wildman–Crippen LogP) is 1.38. The Bertz CT molecular complexity index is 1020. The molecule has 8 nitrogen and oxygen atoms in total. The van der Waals surface area contributed by atoms with Gasteiger partial charge in [-0.1, -0.05) is 11.6 Å². The molecule has 0 aliphatic carbocycles. The molecule has 1 aromatic carbocycles. The van der Waals surface area contributed by atoms with E-state index in [1.807, 2.05) is 6.07 Å². The van der Waals surface area contributed by atoms with Crippen molar-refractivity contribution in [2.75, 3.05) is 18.5 Å². The number of nitrogens with one attached hydrogen (secondary N) is 1. The quantitative estimate of drug-likeness (QED) is 0.869. The van der Waals surface area contributed by atoms with Crippen molar-refractivity contribution in [3.8, 4) is 17.6 Å². The molecule has 1 N–H and O–H groups in total. The molecule has 3 rings (SSSR count). The summed E-state index contributed by atoms with van der Waals surface area (Å²) in [5, 5.41) is 12.7. The van der Waals surface area contributed by atoms with Crippen molar-refractivity contribution in [3.63, 3.8) is 0 Å². The maximum atomic E-state index is 12.1. The van der Waals surface area contributed by atoms with Crippen LogP contribution in [0.4, 0.5) is 5.82 Å². The number of nitriles is 1. The highest BCUT2D eigenvalue weighted by Gasteiger charge is 2.18. The number of ether oxygens (including phenoxy) is 2. The van der Waals surface area contributed by atoms with Crippen molar-refractivity contribution in [2.24, 2.45) is 14.1 Å². The molecular formula is C17H17ClN4O4. The van der Waals surface area contributed by atoms with Gasteiger partial charge in [-0.15, -0.1) is 0 Å². The van der Waals surface area contributed by atoms with E-state index in [4.69, 9.17) is 21.1 Å². The standard InChI is InChI=1S/C17H17ClN4O4/c1-21-15(11(8-19)16(23)22(2)17(21)24)20-9-10-6-12(18)14-13(7-10)25-4-3-5-26-14/h6-7,20H,3-5,9H2,1-2H3. The van der Waals surface area contributed by atoms with Gasteiger partial charge < -0.3 is 14.8 Å². The van der Waals surface area contributed by atoms with Crippen LogP contribution in [0, 0.1) is 11.3 Å². The Morgan fingerprint density at radius 3 is 2.69 bits per heavy atom. The van der Waals surface area contributed by atoms with E-state index in [1.54, 1.807) is 12.1 Å². The smallest absolute Gasteiger partial charge is 0.332 e. The summed E-state index contributed by atoms with van der Waals surface area (Å²) in [4.78, 5) is 24.2. The van der Waals surface area contributed by atoms with Crippen LogP contribution in [0.5, 0.6) is 11.5 Å². The van der Waals surface area contributed by atoms with Crippen LogP contribution in [0.3, 0.4) is 0 Å². The minimum atomic E-state index is -0.644. The van der Waals surface area contributed by atoms with Gasteiger partial charge in [0.25, 0.3) is 5.56 Å². The summed E-state index contributed by atoms with van der Waals surface area (Å²) in [6.45, 7) is 1.30. The van der Waals surface area contributed by atoms with E-state index in [0.29, 0.717) is 29.7 Å². The van der Waals surface area contributed by atoms with Crippen LogP contribution >= 0.6 is 11.6 Å². The first kappa shape index (κ1) is 17.9. The molecule has 2 aromatic rings. The number of benzene rings is 1. The third-order valence-electron chi connectivity index (χ3n) is 4.10. The molecule has 0 saturated heterocycles. The Morgan fingerprint density at radius 1 is 1.23 bits per heavy atom. The maximum absolute atomic E-state index is 12.1. The Hall–Kier alpha value is -2.92. The third kappa shape index (κ3) is 3.13. The highest BCUT2D eigenvalue weighted by molar-refractivity contribution is 6.32. The van der Waals surface area contributed by atoms with Gasteiger partial charge >= 0.3 is 5.69 Å². The second-order valence-corrected chi connectivity index (χ2v) is 6.26. The Kier molecular flexibility index (Phi) is 4.91. The summed E-state index contributed by atoms with van der Waals surface area (Å²) >= 11 is 6.27. The lowest BCUT2D eigenvalue weighted by Gasteiger charge is -2.15. The molecule has 1 aromatic heterocycles. The van der Waals surface area contributed by atoms with E-state index >= 15 is 0 Å². The van der Waals surface area contributed by atoms with E-state index in [0.717, 1.165) is 16.6 Å². The summed E-state index contributed by atoms with van der Waals surface area (Å²) in [6, 6.07) is 5.35. The number of rotatable bonds is 3. The first-order chi connectivity index (χ1) is 12.4. The SMILES string of the molecule is Cn1c(NCc2cc(Cl)c3c(c2)OCCCO3)c(C#N)c(=O)n(C)c1=O. The van der Waals surface area contributed by atoms with Gasteiger partial charge in [0.1, 0.15) is 11.9 Å². The first-order valence-corrected chi connectivity index (χ1v) is 8.34. The fraction of sp³-hybridized carbons (Fsp3) is 0.353. The lowest BCUT2D eigenvalue weighted by atomic mass is 10.2. The van der Waals surface area contributed by atoms with E-state index in [1.165, 1.54) is 18.7 Å². The van der Waals surface area contributed by atoms with Gasteiger partial charge in [-0.2, -0.15) is 5.26 Å². The number of hydrogen-bond donors (Lipinski definition) is 1. The number of nitrogens with zero attached hydrogens (tertiary/aromatic N) is 3. The lowest BCUT2D eigenvalue weighted by molar-refractivity contribution is 0.297. The second-order valence-electron chi connectivity index (χ2n) is 5.85. The van der Waals surface area contributed by atoms with Gasteiger partial charge in [-0.05, 0) is 17.7 Å². The van der Waals surface area contributed by atoms with Crippen molar-refractivity contribution in [3.05, 3.63) is 49.1 Å². The number of aromatic nitrogens is 2. The molecule has 9 heteroatoms. The molecule has 0 spiro atoms. The molecule has 136 valence electrons. The van der Waals surface area contributed by atoms with Gasteiger partial charge in [0, 0.05) is 27.1 Å². The summed E-state index contributed by atoms with van der Waals surface area (Å²) in [5.41, 5.74) is -0.533. The summed E-state index contributed by atoms with van der Waals surface area (Å²) in [7, 11) is 2.82. The largest absolute Gasteiger partial charge is 0.489 e. The Balaban J connectivity index is 1.95. The average Bonchev–Trinajstić information content (AvgIpc) is 2.87. The van der Waals surface area contributed by atoms with Gasteiger partial charge in [-0.25, -0.2) is 4.79 Å². The van der Waals surface area contributed by atoms with Gasteiger partial charge in [0.15, 0.2) is 17.1 Å². The minimum absolute atomic E-state index is 0.130. The number of anilines is 1. The van der Waals surface area contributed by atoms with Gasteiger partial charge in [0.2, 0.25) is 0 Å². The molecule has 0 bridgehead atoms. The highest BCUT2D eigenvalue weighted by atomic mass is 35.5. The van der Waals surface area contributed by atoms with Crippen LogP contribution < -0.4 is 26.0 Å². The predicted molar refractivity (Wildman–Crippen MR) is 96.0 cm³/mol. The van der Waals surface area contributed by atoms with E-state index in [2.05, 4.69) is 5.32 Å². The van der Waals surface area contributed by atoms with Gasteiger partial charge in [0.05, 0.1) is 18.2 Å². The van der Waals surface area contributed by atoms with Gasteiger partial charge in [-0.3, -0.25) is 13.9 Å². The second kappa shape index (κ2) is 7.14. The molecule has 0 atom stereocenters. The minimum Gasteiger partial charge on any atom is -0.489 e. The number of hydrogen-bond acceptors (Lipinski definition) is 6. The maximum Gasteiger partial charge on any atom is 0.332 e. The lowest BCUT2D eigenvalue weighted by Crippen LogP contribution is -2.39. The molecule has 0 radical (unpaired) electrons. The number of fused-ring (bicyclic) bond motifs is 1. The van der Waals surface area contributed by atoms with Crippen molar-refractivity contribution in [1.29, 1.82) is 5.26 Å². The first-order valence-electron chi connectivity index (χ1n) is 7.96. The third-order valence-corrected chi connectivity index (χ3v) is 4.38. The fourth-order valence-corrected chi connectivity index (χ4v) is 3.01. The molecule has 2 heterocycles. The van der Waals surface area contributed by atoms with Crippen molar-refractivity contribution >= 4 is 17.4 Å². The van der Waals surface area contributed by atoms with Crippen LogP contribution in [0.2, 0.25) is 5.02 Å². The van der Waals surface area contributed by atoms with Crippen LogP contribution in [-0.2, 0) is 20.6 Å². The summed E-state index contributed by atoms with van der Waals surface area (Å²) < 4.78 is 13.4. The monoisotopic (exact) mass is 376 g/mol. The summed E-state index contributed by atoms with van der Waals surface area (Å²) in [6.07, 6.45) is 0.763. The van der Waals surface area contributed by atoms with Crippen LogP contribution in [0.1, 0.15) is 17.5 Å². The van der Waals surface area contributed by atoms with Crippen LogP contribution in [0.25, 0.3) is 0 Å². The zero-order valence-electron chi connectivity index (χ0n) is 14.3. The zero-order valence-corrected chi connectivity index (χ0v) is 15.1. The fourth-order valence-electron chi connectivity index (χ4n) is 2.72. The normalized spacial score (nSPS) is 13.0. The van der Waals surface area contributed by atoms with Crippen molar-refractivity contribution < 1.29 is 9.47 Å². The Morgan fingerprint density at radius 2 is 1.96 bits per heavy atom. The molecule has 0 fully saturated rings. The molecule has 1 aliphatic heterocycles. The highest BCUT2D eigenvalue weighted by Crippen LogP contribution is 2.38. The van der Waals surface area contributed by atoms with Crippen LogP contribution in [0.15, 0.2) is 21.7 Å². The van der Waals surface area contributed by atoms with E-state index in [9.17, 15) is 14.9 Å². The summed E-state index contributed by atoms with van der Waals surface area (Å²) in [5.74, 6) is 1.21. The molecule has 0 unspecified atom stereocenters. The molecule has 0 saturated carbocycles. The van der Waals surface area contributed by atoms with Crippen molar-refractivity contribution in [2.45, 2.75) is 13.0 Å². The molecule has 1 aliphatic rings. The zero-order chi connectivity index (χ0) is 18.8. The molecular weight excluding hydrogens is 360 g/mol.